The molecule has 1 aliphatic heterocycles. The highest BCUT2D eigenvalue weighted by molar-refractivity contribution is 5.92. The molecule has 8 heteroatoms. The van der Waals surface area contributed by atoms with Crippen molar-refractivity contribution in [2.45, 2.75) is 44.7 Å². The summed E-state index contributed by atoms with van der Waals surface area (Å²) in [7, 11) is 0. The van der Waals surface area contributed by atoms with E-state index in [1.54, 1.807) is 17.2 Å². The fourth-order valence-corrected chi connectivity index (χ4v) is 4.26. The van der Waals surface area contributed by atoms with E-state index in [1.165, 1.54) is 18.8 Å². The average molecular weight is 406 g/mol. The molecule has 0 unspecified atom stereocenters. The van der Waals surface area contributed by atoms with Gasteiger partial charge in [0.05, 0.1) is 18.3 Å². The van der Waals surface area contributed by atoms with Gasteiger partial charge < -0.3 is 19.4 Å². The number of H-pyrrole nitrogens is 1. The Morgan fingerprint density at radius 3 is 2.67 bits per heavy atom. The van der Waals surface area contributed by atoms with E-state index in [1.807, 2.05) is 12.1 Å². The maximum Gasteiger partial charge on any atom is 0.274 e. The first-order valence-electron chi connectivity index (χ1n) is 10.2. The van der Waals surface area contributed by atoms with Gasteiger partial charge >= 0.3 is 0 Å². The van der Waals surface area contributed by atoms with Crippen LogP contribution >= 0.6 is 0 Å². The van der Waals surface area contributed by atoms with Crippen LogP contribution in [0.4, 0.5) is 0 Å². The summed E-state index contributed by atoms with van der Waals surface area (Å²) < 4.78 is 10.8. The number of fused-ring (bicyclic) bond motifs is 2. The van der Waals surface area contributed by atoms with Crippen LogP contribution in [0.25, 0.3) is 10.9 Å². The zero-order valence-electron chi connectivity index (χ0n) is 16.5. The van der Waals surface area contributed by atoms with Gasteiger partial charge in [0.25, 0.3) is 11.5 Å². The number of ether oxygens (including phenoxy) is 2. The Labute approximate surface area is 172 Å². The van der Waals surface area contributed by atoms with Crippen LogP contribution in [-0.2, 0) is 6.54 Å². The van der Waals surface area contributed by atoms with E-state index in [0.29, 0.717) is 28.3 Å². The molecule has 3 aromatic rings. The number of hydrogen-bond acceptors (Lipinski definition) is 6. The first-order valence-corrected chi connectivity index (χ1v) is 10.2. The third kappa shape index (κ3) is 3.49. The van der Waals surface area contributed by atoms with Crippen LogP contribution in [0.2, 0.25) is 0 Å². The number of hydrogen-bond donors (Lipinski definition) is 1. The highest BCUT2D eigenvalue weighted by atomic mass is 16.7. The summed E-state index contributed by atoms with van der Waals surface area (Å²) in [6.07, 6.45) is 9.71. The Morgan fingerprint density at radius 1 is 1.10 bits per heavy atom. The number of pyridine rings is 1. The molecule has 1 aromatic carbocycles. The van der Waals surface area contributed by atoms with Gasteiger partial charge in [0, 0.05) is 35.5 Å². The predicted octanol–water partition coefficient (Wildman–Crippen LogP) is 3.02. The summed E-state index contributed by atoms with van der Waals surface area (Å²) in [4.78, 5) is 39.0. The number of nitrogens with zero attached hydrogens (tertiary/aromatic N) is 3. The Hall–Kier alpha value is -3.42. The highest BCUT2D eigenvalue weighted by Crippen LogP contribution is 2.35. The van der Waals surface area contributed by atoms with Crippen molar-refractivity contribution in [3.63, 3.8) is 0 Å². The van der Waals surface area contributed by atoms with E-state index in [2.05, 4.69) is 15.0 Å². The number of rotatable bonds is 4. The Morgan fingerprint density at radius 2 is 1.90 bits per heavy atom. The summed E-state index contributed by atoms with van der Waals surface area (Å²) in [6.45, 7) is 0.393. The molecule has 0 bridgehead atoms. The van der Waals surface area contributed by atoms with Crippen molar-refractivity contribution in [1.82, 2.24) is 19.9 Å². The van der Waals surface area contributed by atoms with Crippen LogP contribution < -0.4 is 15.0 Å². The summed E-state index contributed by atoms with van der Waals surface area (Å²) in [5.74, 6) is 1.08. The molecule has 1 N–H and O–H groups in total. The van der Waals surface area contributed by atoms with Crippen molar-refractivity contribution < 1.29 is 14.3 Å². The van der Waals surface area contributed by atoms with E-state index in [9.17, 15) is 9.59 Å². The topological polar surface area (TPSA) is 97.4 Å². The largest absolute Gasteiger partial charge is 0.454 e. The van der Waals surface area contributed by atoms with Gasteiger partial charge in [-0.3, -0.25) is 14.6 Å². The molecule has 154 valence electrons. The van der Waals surface area contributed by atoms with Gasteiger partial charge in [0.15, 0.2) is 11.5 Å². The molecule has 2 aliphatic rings. The van der Waals surface area contributed by atoms with E-state index in [-0.39, 0.29) is 30.8 Å². The maximum absolute atomic E-state index is 13.3. The Kier molecular flexibility index (Phi) is 4.82. The minimum absolute atomic E-state index is 0.0834. The molecule has 8 nitrogen and oxygen atoms in total. The van der Waals surface area contributed by atoms with Gasteiger partial charge in [-0.25, -0.2) is 4.98 Å². The molecule has 5 rings (SSSR count). The van der Waals surface area contributed by atoms with Gasteiger partial charge in [-0.2, -0.15) is 0 Å². The van der Waals surface area contributed by atoms with Crippen LogP contribution in [-0.4, -0.2) is 38.6 Å². The number of nitrogens with one attached hydrogen (secondary N) is 1. The van der Waals surface area contributed by atoms with Gasteiger partial charge in [0.1, 0.15) is 5.69 Å². The second-order valence-corrected chi connectivity index (χ2v) is 7.73. The molecule has 0 atom stereocenters. The monoisotopic (exact) mass is 406 g/mol. The second-order valence-electron chi connectivity index (χ2n) is 7.73. The summed E-state index contributed by atoms with van der Waals surface area (Å²) in [5, 5.41) is 0.837. The molecule has 0 saturated heterocycles. The molecule has 0 radical (unpaired) electrons. The van der Waals surface area contributed by atoms with E-state index in [4.69, 9.17) is 9.47 Å². The van der Waals surface area contributed by atoms with Crippen molar-refractivity contribution in [1.29, 1.82) is 0 Å². The molecule has 1 fully saturated rings. The predicted molar refractivity (Wildman–Crippen MR) is 109 cm³/mol. The summed E-state index contributed by atoms with van der Waals surface area (Å²) >= 11 is 0. The molecule has 0 spiro atoms. The van der Waals surface area contributed by atoms with Crippen molar-refractivity contribution in [2.75, 3.05) is 6.79 Å². The van der Waals surface area contributed by atoms with Gasteiger partial charge in [-0.15, -0.1) is 0 Å². The standard InChI is InChI=1S/C22H22N4O4/c27-21-15(8-14-9-19-20(30-13-29-19)10-17(14)25-21)12-26(16-4-2-1-3-5-16)22(28)18-11-23-6-7-24-18/h6-11,16H,1-5,12-13H2,(H,25,27). The molecule has 30 heavy (non-hydrogen) atoms. The molecule has 1 saturated carbocycles. The molecule has 3 heterocycles. The van der Waals surface area contributed by atoms with Crippen molar-refractivity contribution >= 4 is 16.8 Å². The Bertz CT molecular complexity index is 1140. The lowest BCUT2D eigenvalue weighted by Crippen LogP contribution is -2.42. The number of benzene rings is 1. The van der Waals surface area contributed by atoms with Gasteiger partial charge in [-0.05, 0) is 25.0 Å². The van der Waals surface area contributed by atoms with E-state index < -0.39 is 0 Å². The van der Waals surface area contributed by atoms with Crippen LogP contribution in [0.15, 0.2) is 41.6 Å². The number of aromatic nitrogens is 3. The normalized spacial score (nSPS) is 16.0. The van der Waals surface area contributed by atoms with Crippen molar-refractivity contribution in [3.8, 4) is 11.5 Å². The smallest absolute Gasteiger partial charge is 0.274 e. The number of carbonyl (C=O) groups is 1. The highest BCUT2D eigenvalue weighted by Gasteiger charge is 2.28. The third-order valence-electron chi connectivity index (χ3n) is 5.81. The maximum atomic E-state index is 13.3. The molecular weight excluding hydrogens is 384 g/mol. The van der Waals surface area contributed by atoms with Crippen LogP contribution in [0.3, 0.4) is 0 Å². The zero-order chi connectivity index (χ0) is 20.5. The van der Waals surface area contributed by atoms with Gasteiger partial charge in [0.2, 0.25) is 6.79 Å². The third-order valence-corrected chi connectivity index (χ3v) is 5.81. The number of aromatic amines is 1. The minimum atomic E-state index is -0.214. The first-order chi connectivity index (χ1) is 14.7. The van der Waals surface area contributed by atoms with Crippen LogP contribution in [0, 0.1) is 0 Å². The molecule has 1 aliphatic carbocycles. The summed E-state index contributed by atoms with van der Waals surface area (Å²) in [6, 6.07) is 5.54. The second kappa shape index (κ2) is 7.78. The fraction of sp³-hybridized carbons (Fsp3) is 0.364. The zero-order valence-corrected chi connectivity index (χ0v) is 16.5. The van der Waals surface area contributed by atoms with Gasteiger partial charge in [-0.1, -0.05) is 19.3 Å². The Balaban J connectivity index is 1.51. The minimum Gasteiger partial charge on any atom is -0.454 e. The molecule has 2 aromatic heterocycles. The lowest BCUT2D eigenvalue weighted by Gasteiger charge is -2.34. The van der Waals surface area contributed by atoms with Crippen LogP contribution in [0.1, 0.15) is 48.2 Å². The number of amides is 1. The first kappa shape index (κ1) is 18.6. The van der Waals surface area contributed by atoms with E-state index >= 15 is 0 Å². The van der Waals surface area contributed by atoms with E-state index in [0.717, 1.165) is 31.1 Å². The molecule has 1 amide bonds. The number of carbonyl (C=O) groups excluding carboxylic acids is 1. The fourth-order valence-electron chi connectivity index (χ4n) is 4.26. The summed E-state index contributed by atoms with van der Waals surface area (Å²) in [5.41, 5.74) is 1.29. The average Bonchev–Trinajstić information content (AvgIpc) is 3.24. The molecular formula is C22H22N4O4. The van der Waals surface area contributed by atoms with Crippen LogP contribution in [0.5, 0.6) is 11.5 Å². The quantitative estimate of drug-likeness (QED) is 0.715. The van der Waals surface area contributed by atoms with Crippen molar-refractivity contribution in [3.05, 3.63) is 58.4 Å². The lowest BCUT2D eigenvalue weighted by atomic mass is 9.93. The SMILES string of the molecule is O=C(c1cnccn1)N(Cc1cc2cc3c(cc2[nH]c1=O)OCO3)C1CCCCC1. The van der Waals surface area contributed by atoms with Crippen molar-refractivity contribution in [2.24, 2.45) is 0 Å². The lowest BCUT2D eigenvalue weighted by molar-refractivity contribution is 0.0606.